The van der Waals surface area contributed by atoms with Crippen molar-refractivity contribution in [3.63, 3.8) is 0 Å². The van der Waals surface area contributed by atoms with Crippen molar-refractivity contribution < 1.29 is 24.2 Å². The molecule has 1 N–H and O–H groups in total. The number of aryl methyl sites for hydroxylation is 2. The third-order valence-corrected chi connectivity index (χ3v) is 7.90. The van der Waals surface area contributed by atoms with Crippen LogP contribution in [0.15, 0.2) is 54.6 Å². The number of para-hydroxylation sites is 1. The number of nitrogens with zero attached hydrogens (tertiary/aromatic N) is 1. The first-order valence-electron chi connectivity index (χ1n) is 13.4. The van der Waals surface area contributed by atoms with Crippen LogP contribution in [-0.4, -0.2) is 53.8 Å². The van der Waals surface area contributed by atoms with Crippen LogP contribution >= 0.6 is 0 Å². The Morgan fingerprint density at radius 2 is 1.69 bits per heavy atom. The smallest absolute Gasteiger partial charge is 0.327 e. The lowest BCUT2D eigenvalue weighted by Gasteiger charge is -2.44. The van der Waals surface area contributed by atoms with Gasteiger partial charge in [-0.1, -0.05) is 61.9 Å². The molecule has 1 saturated carbocycles. The molecule has 2 atom stereocenters. The molecule has 0 radical (unpaired) electrons. The molecule has 0 aromatic heterocycles. The van der Waals surface area contributed by atoms with Crippen molar-refractivity contribution >= 4 is 11.9 Å². The fourth-order valence-corrected chi connectivity index (χ4v) is 5.78. The average molecular weight is 494 g/mol. The number of piperidine rings is 1. The second-order valence-corrected chi connectivity index (χ2v) is 10.3. The lowest BCUT2D eigenvalue weighted by molar-refractivity contribution is -0.170. The predicted molar refractivity (Wildman–Crippen MR) is 139 cm³/mol. The summed E-state index contributed by atoms with van der Waals surface area (Å²) >= 11 is 0. The highest BCUT2D eigenvalue weighted by molar-refractivity contribution is 5.89. The summed E-state index contributed by atoms with van der Waals surface area (Å²) in [6.45, 7) is 4.38. The number of carboxylic acid groups (broad SMARTS) is 1. The van der Waals surface area contributed by atoms with Gasteiger partial charge < -0.3 is 14.6 Å². The Morgan fingerprint density at radius 1 is 0.972 bits per heavy atom. The number of likely N-dealkylation sites (tertiary alicyclic amines) is 1. The van der Waals surface area contributed by atoms with Crippen LogP contribution in [0.5, 0.6) is 5.75 Å². The van der Waals surface area contributed by atoms with Crippen LogP contribution in [0.2, 0.25) is 0 Å². The van der Waals surface area contributed by atoms with E-state index in [1.807, 2.05) is 24.3 Å². The van der Waals surface area contributed by atoms with E-state index in [1.54, 1.807) is 0 Å². The zero-order chi connectivity index (χ0) is 25.4. The molecule has 2 unspecified atom stereocenters. The van der Waals surface area contributed by atoms with Crippen molar-refractivity contribution in [3.05, 3.63) is 65.7 Å². The van der Waals surface area contributed by atoms with E-state index in [1.165, 1.54) is 5.56 Å². The van der Waals surface area contributed by atoms with Gasteiger partial charge >= 0.3 is 11.9 Å². The molecule has 2 fully saturated rings. The molecule has 0 spiro atoms. The van der Waals surface area contributed by atoms with E-state index in [0.717, 1.165) is 56.5 Å². The van der Waals surface area contributed by atoms with Crippen LogP contribution in [0.25, 0.3) is 0 Å². The predicted octanol–water partition coefficient (Wildman–Crippen LogP) is 5.14. The molecule has 4 rings (SSSR count). The van der Waals surface area contributed by atoms with Crippen LogP contribution < -0.4 is 4.74 Å². The van der Waals surface area contributed by atoms with Gasteiger partial charge in [0.05, 0.1) is 19.1 Å². The zero-order valence-electron chi connectivity index (χ0n) is 21.4. The lowest BCUT2D eigenvalue weighted by Crippen LogP contribution is -2.61. The molecule has 2 aromatic rings. The zero-order valence-corrected chi connectivity index (χ0v) is 21.4. The molecule has 6 heteroatoms. The molecule has 2 aliphatic rings. The van der Waals surface area contributed by atoms with Gasteiger partial charge in [-0.05, 0) is 74.7 Å². The van der Waals surface area contributed by atoms with Gasteiger partial charge in [-0.2, -0.15) is 0 Å². The molecule has 1 aliphatic heterocycles. The van der Waals surface area contributed by atoms with E-state index in [0.29, 0.717) is 31.8 Å². The van der Waals surface area contributed by atoms with Crippen molar-refractivity contribution in [1.82, 2.24) is 4.90 Å². The second kappa shape index (κ2) is 12.4. The number of benzene rings is 2. The number of hydrogen-bond donors (Lipinski definition) is 1. The van der Waals surface area contributed by atoms with Gasteiger partial charge in [-0.15, -0.1) is 0 Å². The average Bonchev–Trinajstić information content (AvgIpc) is 3.35. The van der Waals surface area contributed by atoms with Crippen molar-refractivity contribution in [2.45, 2.75) is 63.8 Å². The Bertz CT molecular complexity index is 1000. The van der Waals surface area contributed by atoms with Crippen molar-refractivity contribution in [3.8, 4) is 5.75 Å². The minimum absolute atomic E-state index is 0.226. The lowest BCUT2D eigenvalue weighted by atomic mass is 9.82. The number of ether oxygens (including phenoxy) is 2. The number of esters is 1. The molecular formula is C30H39NO5. The number of hydrogen-bond acceptors (Lipinski definition) is 5. The first kappa shape index (κ1) is 26.2. The van der Waals surface area contributed by atoms with Crippen LogP contribution in [0.4, 0.5) is 0 Å². The second-order valence-electron chi connectivity index (χ2n) is 10.3. The summed E-state index contributed by atoms with van der Waals surface area (Å²) in [5.41, 5.74) is 1.42. The Morgan fingerprint density at radius 3 is 2.44 bits per heavy atom. The van der Waals surface area contributed by atoms with Crippen molar-refractivity contribution in [2.75, 3.05) is 26.3 Å². The van der Waals surface area contributed by atoms with Gasteiger partial charge in [0, 0.05) is 6.42 Å². The number of carboxylic acids is 1. The van der Waals surface area contributed by atoms with Crippen LogP contribution in [0.1, 0.15) is 56.6 Å². The van der Waals surface area contributed by atoms with Gasteiger partial charge in [-0.3, -0.25) is 14.5 Å². The summed E-state index contributed by atoms with van der Waals surface area (Å²) < 4.78 is 11.8. The van der Waals surface area contributed by atoms with Crippen LogP contribution in [0.3, 0.4) is 0 Å². The van der Waals surface area contributed by atoms with Gasteiger partial charge in [0.15, 0.2) is 0 Å². The van der Waals surface area contributed by atoms with Crippen LogP contribution in [0, 0.1) is 11.8 Å². The van der Waals surface area contributed by atoms with Gasteiger partial charge in [-0.25, -0.2) is 0 Å². The van der Waals surface area contributed by atoms with Gasteiger partial charge in [0.2, 0.25) is 0 Å². The molecule has 0 bridgehead atoms. The molecule has 1 saturated heterocycles. The summed E-state index contributed by atoms with van der Waals surface area (Å²) in [5.74, 6) is -0.498. The number of aliphatic carboxylic acids is 1. The van der Waals surface area contributed by atoms with E-state index in [9.17, 15) is 14.7 Å². The van der Waals surface area contributed by atoms with E-state index >= 15 is 0 Å². The molecule has 36 heavy (non-hydrogen) atoms. The van der Waals surface area contributed by atoms with E-state index in [2.05, 4.69) is 42.2 Å². The monoisotopic (exact) mass is 493 g/mol. The minimum atomic E-state index is -1.03. The maximum Gasteiger partial charge on any atom is 0.327 e. The minimum Gasteiger partial charge on any atom is -0.493 e. The van der Waals surface area contributed by atoms with Gasteiger partial charge in [0.1, 0.15) is 11.3 Å². The Kier molecular flexibility index (Phi) is 9.03. The molecule has 2 aromatic carbocycles. The Hall–Kier alpha value is -2.86. The van der Waals surface area contributed by atoms with Crippen molar-refractivity contribution in [2.24, 2.45) is 11.8 Å². The maximum absolute atomic E-state index is 13.4. The quantitative estimate of drug-likeness (QED) is 0.345. The fourth-order valence-electron chi connectivity index (χ4n) is 5.78. The third-order valence-electron chi connectivity index (χ3n) is 7.90. The standard InChI is InChI=1S/C30H39NO5/c1-23-16-19-31(20-17-23)30(18-7-12-26(30)28(32)33)29(34)36-22-8-21-35-27-13-6-5-11-25(27)15-14-24-9-3-2-4-10-24/h2-6,9-11,13,23,26H,7-8,12,14-22H2,1H3,(H,32,33). The first-order valence-corrected chi connectivity index (χ1v) is 13.4. The normalized spacial score (nSPS) is 22.9. The third kappa shape index (κ3) is 6.09. The molecule has 1 heterocycles. The number of rotatable bonds is 11. The van der Waals surface area contributed by atoms with Crippen LogP contribution in [-0.2, 0) is 27.2 Å². The summed E-state index contributed by atoms with van der Waals surface area (Å²) in [5, 5.41) is 9.90. The topological polar surface area (TPSA) is 76.1 Å². The molecule has 6 nitrogen and oxygen atoms in total. The SMILES string of the molecule is CC1CCN(C2(C(=O)OCCCOc3ccccc3CCc3ccccc3)CCCC2C(=O)O)CC1. The summed E-state index contributed by atoms with van der Waals surface area (Å²) in [6.07, 6.45) is 6.19. The highest BCUT2D eigenvalue weighted by Crippen LogP contribution is 2.43. The Labute approximate surface area is 214 Å². The van der Waals surface area contributed by atoms with Gasteiger partial charge in [0.25, 0.3) is 0 Å². The molecular weight excluding hydrogens is 454 g/mol. The first-order chi connectivity index (χ1) is 17.5. The molecule has 1 aliphatic carbocycles. The highest BCUT2D eigenvalue weighted by atomic mass is 16.5. The van der Waals surface area contributed by atoms with E-state index in [4.69, 9.17) is 9.47 Å². The van der Waals surface area contributed by atoms with E-state index in [-0.39, 0.29) is 12.6 Å². The Balaban J connectivity index is 1.30. The molecule has 0 amide bonds. The molecule has 194 valence electrons. The van der Waals surface area contributed by atoms with Crippen molar-refractivity contribution in [1.29, 1.82) is 0 Å². The number of carbonyl (C=O) groups is 2. The summed E-state index contributed by atoms with van der Waals surface area (Å²) in [4.78, 5) is 27.6. The highest BCUT2D eigenvalue weighted by Gasteiger charge is 2.57. The van der Waals surface area contributed by atoms with E-state index < -0.39 is 17.4 Å². The summed E-state index contributed by atoms with van der Waals surface area (Å²) in [7, 11) is 0. The number of carbonyl (C=O) groups excluding carboxylic acids is 1. The largest absolute Gasteiger partial charge is 0.493 e. The maximum atomic E-state index is 13.4. The summed E-state index contributed by atoms with van der Waals surface area (Å²) in [6, 6.07) is 18.5. The fraction of sp³-hybridized carbons (Fsp3) is 0.533.